The summed E-state index contributed by atoms with van der Waals surface area (Å²) in [6, 6.07) is 6.09. The average molecular weight is 469 g/mol. The van der Waals surface area contributed by atoms with Crippen LogP contribution in [0.3, 0.4) is 0 Å². The summed E-state index contributed by atoms with van der Waals surface area (Å²) in [4.78, 5) is 17.7. The summed E-state index contributed by atoms with van der Waals surface area (Å²) in [5.74, 6) is 0.774. The quantitative estimate of drug-likeness (QED) is 0.571. The molecule has 4 rings (SSSR count). The standard InChI is InChI=1S/C20H18IN6/c1-13-3-6-18(22-9-13)16-7-17-19(25-12-26-20(17)24-11-16)23-10-15-5-4-14(2)27-21-8-15/h3-9,11-12H,10H2,1-2H3,(H,23,24,25,26)/q-1. The number of nitrogens with zero attached hydrogens (tertiary/aromatic N) is 5. The molecule has 6 nitrogen and oxygen atoms in total. The SMILES string of the molecule is CC1=N[I-]C=C(CNc2ncnc3ncc(-c4ccc(C)cn4)cc23)C=C1. The molecule has 0 spiro atoms. The minimum absolute atomic E-state index is 0.280. The maximum absolute atomic E-state index is 4.52. The molecule has 0 atom stereocenters. The molecule has 1 N–H and O–H groups in total. The number of aryl methyl sites for hydroxylation is 1. The van der Waals surface area contributed by atoms with Crippen molar-refractivity contribution in [1.82, 2.24) is 19.9 Å². The van der Waals surface area contributed by atoms with E-state index in [9.17, 15) is 0 Å². The van der Waals surface area contributed by atoms with Gasteiger partial charge in [-0.3, -0.25) is 0 Å². The summed E-state index contributed by atoms with van der Waals surface area (Å²) in [6.45, 7) is 4.75. The Balaban J connectivity index is 1.62. The molecule has 1 aliphatic rings. The number of allylic oxidation sites excluding steroid dienone is 1. The van der Waals surface area contributed by atoms with Crippen molar-refractivity contribution in [1.29, 1.82) is 0 Å². The molecule has 0 saturated carbocycles. The van der Waals surface area contributed by atoms with Gasteiger partial charge >= 0.3 is 162 Å². The number of nitrogens with one attached hydrogen (secondary N) is 1. The van der Waals surface area contributed by atoms with Gasteiger partial charge in [0, 0.05) is 0 Å². The number of fused-ring (bicyclic) bond motifs is 1. The Labute approximate surface area is 168 Å². The van der Waals surface area contributed by atoms with Gasteiger partial charge in [-0.25, -0.2) is 0 Å². The van der Waals surface area contributed by atoms with E-state index in [1.54, 1.807) is 12.5 Å². The summed E-state index contributed by atoms with van der Waals surface area (Å²) in [5, 5.41) is 4.31. The van der Waals surface area contributed by atoms with Crippen molar-refractivity contribution in [3.63, 3.8) is 0 Å². The molecule has 0 unspecified atom stereocenters. The van der Waals surface area contributed by atoms with Gasteiger partial charge in [-0.2, -0.15) is 0 Å². The van der Waals surface area contributed by atoms with Crippen molar-refractivity contribution < 1.29 is 21.5 Å². The molecule has 136 valence electrons. The van der Waals surface area contributed by atoms with Gasteiger partial charge in [-0.1, -0.05) is 0 Å². The van der Waals surface area contributed by atoms with Crippen LogP contribution in [0.15, 0.2) is 61.9 Å². The van der Waals surface area contributed by atoms with E-state index < -0.39 is 0 Å². The van der Waals surface area contributed by atoms with Gasteiger partial charge < -0.3 is 0 Å². The van der Waals surface area contributed by atoms with Crippen molar-refractivity contribution >= 4 is 22.6 Å². The van der Waals surface area contributed by atoms with E-state index in [2.05, 4.69) is 44.7 Å². The Hall–Kier alpha value is -2.68. The first kappa shape index (κ1) is 17.7. The zero-order valence-corrected chi connectivity index (χ0v) is 17.2. The van der Waals surface area contributed by atoms with Crippen LogP contribution in [0.4, 0.5) is 5.82 Å². The molecule has 0 saturated heterocycles. The number of hydrogen-bond donors (Lipinski definition) is 1. The minimum atomic E-state index is -0.280. The van der Waals surface area contributed by atoms with Gasteiger partial charge in [0.05, 0.1) is 0 Å². The molecule has 0 aromatic carbocycles. The van der Waals surface area contributed by atoms with E-state index in [0.717, 1.165) is 33.7 Å². The Morgan fingerprint density at radius 3 is 2.78 bits per heavy atom. The summed E-state index contributed by atoms with van der Waals surface area (Å²) in [6.07, 6.45) is 9.37. The molecular formula is C20H18IN6-. The van der Waals surface area contributed by atoms with E-state index in [1.807, 2.05) is 38.2 Å². The topological polar surface area (TPSA) is 76.0 Å². The first-order valence-electron chi connectivity index (χ1n) is 8.51. The predicted molar refractivity (Wildman–Crippen MR) is 104 cm³/mol. The first-order chi connectivity index (χ1) is 13.2. The predicted octanol–water partition coefficient (Wildman–Crippen LogP) is 0.726. The maximum atomic E-state index is 4.52. The summed E-state index contributed by atoms with van der Waals surface area (Å²) >= 11 is -0.280. The molecule has 0 bridgehead atoms. The van der Waals surface area contributed by atoms with Crippen LogP contribution in [-0.4, -0.2) is 32.2 Å². The summed E-state index contributed by atoms with van der Waals surface area (Å²) in [7, 11) is 0. The van der Waals surface area contributed by atoms with Crippen LogP contribution in [0.5, 0.6) is 0 Å². The Bertz CT molecular complexity index is 1070. The third kappa shape index (κ3) is 4.19. The molecule has 0 aliphatic carbocycles. The van der Waals surface area contributed by atoms with Gasteiger partial charge in [-0.05, 0) is 6.92 Å². The van der Waals surface area contributed by atoms with Gasteiger partial charge in [-0.15, -0.1) is 0 Å². The molecule has 27 heavy (non-hydrogen) atoms. The van der Waals surface area contributed by atoms with Gasteiger partial charge in [0.25, 0.3) is 0 Å². The number of aromatic nitrogens is 4. The van der Waals surface area contributed by atoms with Crippen LogP contribution >= 0.6 is 0 Å². The molecule has 1 aliphatic heterocycles. The Morgan fingerprint density at radius 2 is 1.93 bits per heavy atom. The van der Waals surface area contributed by atoms with Gasteiger partial charge in [0.1, 0.15) is 0 Å². The van der Waals surface area contributed by atoms with Crippen molar-refractivity contribution in [2.24, 2.45) is 3.21 Å². The normalized spacial score (nSPS) is 14.1. The van der Waals surface area contributed by atoms with Crippen LogP contribution < -0.4 is 26.8 Å². The van der Waals surface area contributed by atoms with Crippen molar-refractivity contribution in [3.05, 3.63) is 64.3 Å². The van der Waals surface area contributed by atoms with Crippen LogP contribution in [0, 0.1) is 6.92 Å². The summed E-state index contributed by atoms with van der Waals surface area (Å²) in [5.41, 5.74) is 5.94. The third-order valence-electron chi connectivity index (χ3n) is 4.07. The van der Waals surface area contributed by atoms with Crippen LogP contribution in [0.25, 0.3) is 22.3 Å². The number of rotatable bonds is 4. The summed E-state index contributed by atoms with van der Waals surface area (Å²) < 4.78 is 6.75. The number of pyridine rings is 2. The fourth-order valence-electron chi connectivity index (χ4n) is 2.60. The molecular weight excluding hydrogens is 451 g/mol. The van der Waals surface area contributed by atoms with E-state index in [1.165, 1.54) is 5.57 Å². The monoisotopic (exact) mass is 469 g/mol. The van der Waals surface area contributed by atoms with Gasteiger partial charge in [0.15, 0.2) is 0 Å². The molecule has 3 aromatic heterocycles. The zero-order valence-electron chi connectivity index (χ0n) is 15.0. The van der Waals surface area contributed by atoms with Crippen LogP contribution in [-0.2, 0) is 0 Å². The van der Waals surface area contributed by atoms with Gasteiger partial charge in [0.2, 0.25) is 0 Å². The third-order valence-corrected chi connectivity index (χ3v) is 6.18. The van der Waals surface area contributed by atoms with E-state index >= 15 is 0 Å². The van der Waals surface area contributed by atoms with Crippen LogP contribution in [0.2, 0.25) is 0 Å². The zero-order chi connectivity index (χ0) is 18.6. The second-order valence-corrected chi connectivity index (χ2v) is 7.89. The van der Waals surface area contributed by atoms with E-state index in [-0.39, 0.29) is 21.5 Å². The molecule has 7 heteroatoms. The molecule has 3 aromatic rings. The van der Waals surface area contributed by atoms with Crippen molar-refractivity contribution in [3.8, 4) is 11.3 Å². The molecule has 0 radical (unpaired) electrons. The van der Waals surface area contributed by atoms with E-state index in [0.29, 0.717) is 12.2 Å². The average Bonchev–Trinajstić information content (AvgIpc) is 2.90. The van der Waals surface area contributed by atoms with Crippen molar-refractivity contribution in [2.75, 3.05) is 11.9 Å². The second kappa shape index (κ2) is 7.91. The fraction of sp³-hybridized carbons (Fsp3) is 0.150. The number of halogens is 1. The van der Waals surface area contributed by atoms with Crippen molar-refractivity contribution in [2.45, 2.75) is 13.8 Å². The van der Waals surface area contributed by atoms with Crippen LogP contribution in [0.1, 0.15) is 12.5 Å². The number of anilines is 1. The fourth-order valence-corrected chi connectivity index (χ4v) is 4.13. The molecule has 0 fully saturated rings. The number of hydrogen-bond acceptors (Lipinski definition) is 6. The first-order valence-corrected chi connectivity index (χ1v) is 10.7. The second-order valence-electron chi connectivity index (χ2n) is 6.23. The Morgan fingerprint density at radius 1 is 1.00 bits per heavy atom. The molecule has 4 heterocycles. The Kier molecular flexibility index (Phi) is 5.19. The molecule has 0 amide bonds. The van der Waals surface area contributed by atoms with E-state index in [4.69, 9.17) is 0 Å².